The molecule has 28 heavy (non-hydrogen) atoms. The molecular weight excluding hydrogens is 462 g/mol. The minimum absolute atomic E-state index is 0.150. The number of thioether (sulfide) groups is 1. The minimum Gasteiger partial charge on any atom is -0.453 e. The average Bonchev–Trinajstić information content (AvgIpc) is 3.39. The molecule has 0 radical (unpaired) electrons. The second-order valence-electron chi connectivity index (χ2n) is 5.67. The van der Waals surface area contributed by atoms with Crippen molar-refractivity contribution in [3.8, 4) is 11.6 Å². The smallest absolute Gasteiger partial charge is 0.236 e. The second-order valence-corrected chi connectivity index (χ2v) is 8.43. The van der Waals surface area contributed by atoms with E-state index in [0.29, 0.717) is 28.4 Å². The van der Waals surface area contributed by atoms with E-state index in [1.807, 2.05) is 34.2 Å². The van der Waals surface area contributed by atoms with Crippen LogP contribution in [0.2, 0.25) is 0 Å². The Bertz CT molecular complexity index is 1140. The third kappa shape index (κ3) is 4.03. The SMILES string of the molecule is C=CCn1c(SCC(=O)Nc2nccs2)nnc1-c1cc2cc(Br)ccc2o1. The fourth-order valence-corrected chi connectivity index (χ4v) is 4.24. The molecule has 1 amide bonds. The van der Waals surface area contributed by atoms with Crippen molar-refractivity contribution in [2.24, 2.45) is 0 Å². The molecule has 3 heterocycles. The van der Waals surface area contributed by atoms with Crippen LogP contribution in [0, 0.1) is 0 Å². The molecule has 0 aliphatic heterocycles. The van der Waals surface area contributed by atoms with Crippen LogP contribution in [-0.4, -0.2) is 31.4 Å². The van der Waals surface area contributed by atoms with E-state index in [4.69, 9.17) is 4.42 Å². The summed E-state index contributed by atoms with van der Waals surface area (Å²) in [5, 5.41) is 15.2. The summed E-state index contributed by atoms with van der Waals surface area (Å²) in [6.45, 7) is 4.30. The van der Waals surface area contributed by atoms with Gasteiger partial charge in [-0.05, 0) is 24.3 Å². The maximum Gasteiger partial charge on any atom is 0.236 e. The van der Waals surface area contributed by atoms with Crippen molar-refractivity contribution < 1.29 is 9.21 Å². The highest BCUT2D eigenvalue weighted by Crippen LogP contribution is 2.30. The number of amides is 1. The van der Waals surface area contributed by atoms with E-state index in [9.17, 15) is 4.79 Å². The van der Waals surface area contributed by atoms with Crippen molar-refractivity contribution in [1.82, 2.24) is 19.7 Å². The highest BCUT2D eigenvalue weighted by Gasteiger charge is 2.18. The molecule has 0 spiro atoms. The normalized spacial score (nSPS) is 11.0. The van der Waals surface area contributed by atoms with Gasteiger partial charge in [0, 0.05) is 28.0 Å². The summed E-state index contributed by atoms with van der Waals surface area (Å²) in [5.41, 5.74) is 0.767. The number of nitrogens with zero attached hydrogens (tertiary/aromatic N) is 4. The van der Waals surface area contributed by atoms with E-state index in [-0.39, 0.29) is 11.7 Å². The Kier molecular flexibility index (Phi) is 5.60. The summed E-state index contributed by atoms with van der Waals surface area (Å²) in [7, 11) is 0. The first-order chi connectivity index (χ1) is 13.6. The zero-order chi connectivity index (χ0) is 19.5. The van der Waals surface area contributed by atoms with E-state index >= 15 is 0 Å². The lowest BCUT2D eigenvalue weighted by atomic mass is 10.2. The molecule has 7 nitrogen and oxygen atoms in total. The fraction of sp³-hybridized carbons (Fsp3) is 0.111. The highest BCUT2D eigenvalue weighted by molar-refractivity contribution is 9.10. The van der Waals surface area contributed by atoms with Gasteiger partial charge >= 0.3 is 0 Å². The molecule has 0 saturated heterocycles. The van der Waals surface area contributed by atoms with Gasteiger partial charge in [0.1, 0.15) is 5.58 Å². The Morgan fingerprint density at radius 1 is 1.39 bits per heavy atom. The number of halogens is 1. The molecule has 1 N–H and O–H groups in total. The van der Waals surface area contributed by atoms with Gasteiger partial charge in [-0.15, -0.1) is 28.1 Å². The topological polar surface area (TPSA) is 85.8 Å². The first kappa shape index (κ1) is 18.9. The predicted molar refractivity (Wildman–Crippen MR) is 115 cm³/mol. The Hall–Kier alpha value is -2.43. The van der Waals surface area contributed by atoms with Gasteiger partial charge in [-0.2, -0.15) is 0 Å². The van der Waals surface area contributed by atoms with E-state index in [2.05, 4.69) is 43.0 Å². The van der Waals surface area contributed by atoms with E-state index in [0.717, 1.165) is 15.4 Å². The lowest BCUT2D eigenvalue weighted by Gasteiger charge is -2.06. The number of anilines is 1. The zero-order valence-corrected chi connectivity index (χ0v) is 17.7. The summed E-state index contributed by atoms with van der Waals surface area (Å²) >= 11 is 6.14. The van der Waals surface area contributed by atoms with Crippen LogP contribution in [-0.2, 0) is 11.3 Å². The summed E-state index contributed by atoms with van der Waals surface area (Å²) < 4.78 is 8.78. The van der Waals surface area contributed by atoms with Crippen LogP contribution >= 0.6 is 39.0 Å². The van der Waals surface area contributed by atoms with Gasteiger partial charge in [0.25, 0.3) is 0 Å². The van der Waals surface area contributed by atoms with E-state index in [1.165, 1.54) is 23.1 Å². The van der Waals surface area contributed by atoms with Crippen LogP contribution in [0.15, 0.2) is 62.5 Å². The van der Waals surface area contributed by atoms with Gasteiger partial charge in [-0.3, -0.25) is 9.36 Å². The maximum atomic E-state index is 12.1. The molecule has 3 aromatic heterocycles. The number of rotatable bonds is 7. The predicted octanol–water partition coefficient (Wildman–Crippen LogP) is 4.83. The number of fused-ring (bicyclic) bond motifs is 1. The van der Waals surface area contributed by atoms with Gasteiger partial charge < -0.3 is 9.73 Å². The van der Waals surface area contributed by atoms with Crippen molar-refractivity contribution in [3.63, 3.8) is 0 Å². The number of hydrogen-bond acceptors (Lipinski definition) is 7. The molecule has 1 aromatic carbocycles. The number of allylic oxidation sites excluding steroid dienone is 1. The van der Waals surface area contributed by atoms with Crippen molar-refractivity contribution in [3.05, 3.63) is 53.0 Å². The zero-order valence-electron chi connectivity index (χ0n) is 14.5. The summed E-state index contributed by atoms with van der Waals surface area (Å²) in [6, 6.07) is 7.73. The number of carbonyl (C=O) groups is 1. The number of aromatic nitrogens is 4. The molecule has 4 rings (SSSR count). The van der Waals surface area contributed by atoms with Crippen LogP contribution in [0.3, 0.4) is 0 Å². The van der Waals surface area contributed by atoms with Gasteiger partial charge in [-0.25, -0.2) is 4.98 Å². The monoisotopic (exact) mass is 475 g/mol. The Morgan fingerprint density at radius 3 is 3.07 bits per heavy atom. The van der Waals surface area contributed by atoms with Gasteiger partial charge in [-0.1, -0.05) is 33.8 Å². The first-order valence-corrected chi connectivity index (χ1v) is 10.9. The molecule has 0 aliphatic rings. The third-order valence-electron chi connectivity index (χ3n) is 3.74. The van der Waals surface area contributed by atoms with Crippen LogP contribution in [0.1, 0.15) is 0 Å². The lowest BCUT2D eigenvalue weighted by Crippen LogP contribution is -2.14. The Balaban J connectivity index is 1.56. The van der Waals surface area contributed by atoms with Crippen LogP contribution in [0.25, 0.3) is 22.6 Å². The van der Waals surface area contributed by atoms with Gasteiger partial charge in [0.05, 0.1) is 5.75 Å². The molecule has 0 fully saturated rings. The minimum atomic E-state index is -0.150. The molecule has 142 valence electrons. The number of benzene rings is 1. The second kappa shape index (κ2) is 8.29. The van der Waals surface area contributed by atoms with Crippen molar-refractivity contribution in [2.75, 3.05) is 11.1 Å². The van der Waals surface area contributed by atoms with Gasteiger partial charge in [0.2, 0.25) is 11.7 Å². The fourth-order valence-electron chi connectivity index (χ4n) is 2.57. The number of carbonyl (C=O) groups excluding carboxylic acids is 1. The number of nitrogens with one attached hydrogen (secondary N) is 1. The maximum absolute atomic E-state index is 12.1. The van der Waals surface area contributed by atoms with Crippen molar-refractivity contribution in [2.45, 2.75) is 11.7 Å². The molecule has 10 heteroatoms. The highest BCUT2D eigenvalue weighted by atomic mass is 79.9. The van der Waals surface area contributed by atoms with Crippen LogP contribution < -0.4 is 5.32 Å². The van der Waals surface area contributed by atoms with E-state index in [1.54, 1.807) is 12.3 Å². The molecular formula is C18H14BrN5O2S2. The van der Waals surface area contributed by atoms with Crippen LogP contribution in [0.5, 0.6) is 0 Å². The average molecular weight is 476 g/mol. The van der Waals surface area contributed by atoms with Crippen molar-refractivity contribution in [1.29, 1.82) is 0 Å². The molecule has 4 aromatic rings. The number of hydrogen-bond donors (Lipinski definition) is 1. The molecule has 0 unspecified atom stereocenters. The van der Waals surface area contributed by atoms with Crippen molar-refractivity contribution >= 4 is 61.0 Å². The largest absolute Gasteiger partial charge is 0.453 e. The van der Waals surface area contributed by atoms with Crippen LogP contribution in [0.4, 0.5) is 5.13 Å². The molecule has 0 atom stereocenters. The number of thiazole rings is 1. The molecule has 0 bridgehead atoms. The van der Waals surface area contributed by atoms with Gasteiger partial charge in [0.15, 0.2) is 16.0 Å². The quantitative estimate of drug-likeness (QED) is 0.304. The summed E-state index contributed by atoms with van der Waals surface area (Å²) in [4.78, 5) is 16.2. The van der Waals surface area contributed by atoms with E-state index < -0.39 is 0 Å². The molecule has 0 aliphatic carbocycles. The summed E-state index contributed by atoms with van der Waals surface area (Å²) in [5.74, 6) is 1.25. The molecule has 0 saturated carbocycles. The number of furan rings is 1. The Labute approximate surface area is 177 Å². The Morgan fingerprint density at radius 2 is 2.29 bits per heavy atom. The summed E-state index contributed by atoms with van der Waals surface area (Å²) in [6.07, 6.45) is 3.40. The lowest BCUT2D eigenvalue weighted by molar-refractivity contribution is -0.113. The first-order valence-electron chi connectivity index (χ1n) is 8.20. The third-order valence-corrected chi connectivity index (χ3v) is 5.89. The standard InChI is InChI=1S/C18H14BrN5O2S2/c1-2-6-24-16(14-9-11-8-12(19)3-4-13(11)26-14)22-23-18(24)28-10-15(25)21-17-20-5-7-27-17/h2-5,7-9H,1,6,10H2,(H,20,21,25).